The first-order chi connectivity index (χ1) is 13.9. The van der Waals surface area contributed by atoms with Gasteiger partial charge in [0.1, 0.15) is 24.7 Å². The molecule has 0 aliphatic carbocycles. The number of nitrogens with one attached hydrogen (secondary N) is 1. The highest BCUT2D eigenvalue weighted by Crippen LogP contribution is 2.36. The lowest BCUT2D eigenvalue weighted by Gasteiger charge is -2.25. The molecule has 0 unspecified atom stereocenters. The lowest BCUT2D eigenvalue weighted by molar-refractivity contribution is 0.284. The average Bonchev–Trinajstić information content (AvgIpc) is 2.78. The molecular formula is C25H28ClNO2. The van der Waals surface area contributed by atoms with E-state index in [0.29, 0.717) is 19.1 Å². The van der Waals surface area contributed by atoms with Crippen LogP contribution in [0.4, 0.5) is 0 Å². The Morgan fingerprint density at radius 3 is 1.93 bits per heavy atom. The zero-order valence-corrected chi connectivity index (χ0v) is 17.4. The fraction of sp³-hybridized carbons (Fsp3) is 0.280. The Kier molecular flexibility index (Phi) is 7.97. The van der Waals surface area contributed by atoms with Gasteiger partial charge >= 0.3 is 0 Å². The van der Waals surface area contributed by atoms with Crippen molar-refractivity contribution in [3.05, 3.63) is 95.6 Å². The first-order valence-electron chi connectivity index (χ1n) is 10.1. The van der Waals surface area contributed by atoms with E-state index in [-0.39, 0.29) is 12.4 Å². The zero-order chi connectivity index (χ0) is 19.0. The van der Waals surface area contributed by atoms with E-state index < -0.39 is 0 Å². The first kappa shape index (κ1) is 21.2. The summed E-state index contributed by atoms with van der Waals surface area (Å²) in [5, 5.41) is 3.45. The third-order valence-corrected chi connectivity index (χ3v) is 5.25. The molecule has 3 aromatic carbocycles. The van der Waals surface area contributed by atoms with Crippen LogP contribution in [-0.4, -0.2) is 13.1 Å². The van der Waals surface area contributed by atoms with Gasteiger partial charge in [0.25, 0.3) is 0 Å². The van der Waals surface area contributed by atoms with Gasteiger partial charge in [-0.05, 0) is 54.6 Å². The second-order valence-electron chi connectivity index (χ2n) is 7.27. The van der Waals surface area contributed by atoms with Crippen molar-refractivity contribution >= 4 is 12.4 Å². The fourth-order valence-electron chi connectivity index (χ4n) is 3.68. The largest absolute Gasteiger partial charge is 0.489 e. The summed E-state index contributed by atoms with van der Waals surface area (Å²) >= 11 is 0. The van der Waals surface area contributed by atoms with Crippen LogP contribution in [-0.2, 0) is 13.2 Å². The third kappa shape index (κ3) is 5.99. The van der Waals surface area contributed by atoms with Gasteiger partial charge in [-0.25, -0.2) is 0 Å². The summed E-state index contributed by atoms with van der Waals surface area (Å²) in [6.45, 7) is 3.26. The first-order valence-corrected chi connectivity index (χ1v) is 10.1. The summed E-state index contributed by atoms with van der Waals surface area (Å²) in [6, 6.07) is 26.9. The Morgan fingerprint density at radius 1 is 0.724 bits per heavy atom. The van der Waals surface area contributed by atoms with E-state index in [1.165, 1.54) is 11.1 Å². The Labute approximate surface area is 179 Å². The third-order valence-electron chi connectivity index (χ3n) is 5.25. The number of halogens is 1. The fourth-order valence-corrected chi connectivity index (χ4v) is 3.68. The number of rotatable bonds is 7. The van der Waals surface area contributed by atoms with Crippen molar-refractivity contribution in [3.63, 3.8) is 0 Å². The summed E-state index contributed by atoms with van der Waals surface area (Å²) < 4.78 is 12.3. The van der Waals surface area contributed by atoms with Gasteiger partial charge in [-0.2, -0.15) is 0 Å². The normalized spacial score (nSPS) is 14.1. The smallest absolute Gasteiger partial charge is 0.126 e. The number of benzene rings is 3. The van der Waals surface area contributed by atoms with Gasteiger partial charge in [0, 0.05) is 6.07 Å². The minimum absolute atomic E-state index is 0. The summed E-state index contributed by atoms with van der Waals surface area (Å²) in [7, 11) is 0. The van der Waals surface area contributed by atoms with Crippen molar-refractivity contribution in [2.45, 2.75) is 32.0 Å². The molecule has 29 heavy (non-hydrogen) atoms. The standard InChI is InChI=1S/C25H27NO2.ClH/c1-3-7-20(8-4-1)18-27-23-11-12-24(22-13-15-26-16-14-22)25(17-23)28-19-21-9-5-2-6-10-21;/h1-12,17,22,26H,13-16,18-19H2;1H. The molecule has 4 heteroatoms. The molecule has 1 N–H and O–H groups in total. The summed E-state index contributed by atoms with van der Waals surface area (Å²) in [4.78, 5) is 0. The van der Waals surface area contributed by atoms with Crippen LogP contribution in [0.15, 0.2) is 78.9 Å². The van der Waals surface area contributed by atoms with Gasteiger partial charge in [-0.3, -0.25) is 0 Å². The highest BCUT2D eigenvalue weighted by molar-refractivity contribution is 5.85. The monoisotopic (exact) mass is 409 g/mol. The topological polar surface area (TPSA) is 30.5 Å². The molecule has 0 radical (unpaired) electrons. The molecule has 0 amide bonds. The molecule has 0 saturated carbocycles. The molecule has 152 valence electrons. The minimum Gasteiger partial charge on any atom is -0.489 e. The number of hydrogen-bond donors (Lipinski definition) is 1. The number of hydrogen-bond acceptors (Lipinski definition) is 3. The highest BCUT2D eigenvalue weighted by Gasteiger charge is 2.20. The molecule has 3 aromatic rings. The van der Waals surface area contributed by atoms with Crippen molar-refractivity contribution in [2.24, 2.45) is 0 Å². The second kappa shape index (κ2) is 10.9. The van der Waals surface area contributed by atoms with Crippen molar-refractivity contribution in [1.29, 1.82) is 0 Å². The molecule has 1 fully saturated rings. The van der Waals surface area contributed by atoms with Crippen LogP contribution < -0.4 is 14.8 Å². The second-order valence-corrected chi connectivity index (χ2v) is 7.27. The molecule has 1 aliphatic rings. The molecule has 0 aromatic heterocycles. The van der Waals surface area contributed by atoms with Crippen LogP contribution >= 0.6 is 12.4 Å². The van der Waals surface area contributed by atoms with E-state index in [9.17, 15) is 0 Å². The van der Waals surface area contributed by atoms with E-state index in [2.05, 4.69) is 47.8 Å². The molecule has 0 atom stereocenters. The summed E-state index contributed by atoms with van der Waals surface area (Å²) in [5.74, 6) is 2.33. The van der Waals surface area contributed by atoms with E-state index in [1.807, 2.05) is 36.4 Å². The Bertz CT molecular complexity index is 865. The molecule has 1 heterocycles. The van der Waals surface area contributed by atoms with Crippen molar-refractivity contribution in [2.75, 3.05) is 13.1 Å². The predicted molar refractivity (Wildman–Crippen MR) is 120 cm³/mol. The van der Waals surface area contributed by atoms with Crippen LogP contribution in [0.3, 0.4) is 0 Å². The van der Waals surface area contributed by atoms with Crippen molar-refractivity contribution < 1.29 is 9.47 Å². The van der Waals surface area contributed by atoms with Crippen LogP contribution in [0.25, 0.3) is 0 Å². The molecule has 4 rings (SSSR count). The zero-order valence-electron chi connectivity index (χ0n) is 16.6. The van der Waals surface area contributed by atoms with Crippen molar-refractivity contribution in [1.82, 2.24) is 5.32 Å². The molecule has 1 saturated heterocycles. The maximum atomic E-state index is 6.27. The lowest BCUT2D eigenvalue weighted by Crippen LogP contribution is -2.26. The lowest BCUT2D eigenvalue weighted by atomic mass is 9.89. The van der Waals surface area contributed by atoms with Gasteiger partial charge < -0.3 is 14.8 Å². The van der Waals surface area contributed by atoms with E-state index in [0.717, 1.165) is 43.0 Å². The summed E-state index contributed by atoms with van der Waals surface area (Å²) in [6.07, 6.45) is 2.29. The molecular weight excluding hydrogens is 382 g/mol. The van der Waals surface area contributed by atoms with Gasteiger partial charge in [-0.15, -0.1) is 12.4 Å². The van der Waals surface area contributed by atoms with E-state index in [1.54, 1.807) is 0 Å². The highest BCUT2D eigenvalue weighted by atomic mass is 35.5. The van der Waals surface area contributed by atoms with Gasteiger partial charge in [0.05, 0.1) is 0 Å². The van der Waals surface area contributed by atoms with Crippen molar-refractivity contribution in [3.8, 4) is 11.5 Å². The average molecular weight is 410 g/mol. The maximum absolute atomic E-state index is 6.27. The van der Waals surface area contributed by atoms with Crippen LogP contribution in [0, 0.1) is 0 Å². The van der Waals surface area contributed by atoms with Gasteiger partial charge in [-0.1, -0.05) is 66.7 Å². The quantitative estimate of drug-likeness (QED) is 0.540. The number of ether oxygens (including phenoxy) is 2. The number of piperidine rings is 1. The predicted octanol–water partition coefficient (Wildman–Crippen LogP) is 5.73. The van der Waals surface area contributed by atoms with Crippen LogP contribution in [0.1, 0.15) is 35.4 Å². The molecule has 0 bridgehead atoms. The maximum Gasteiger partial charge on any atom is 0.126 e. The minimum atomic E-state index is 0. The molecule has 0 spiro atoms. The Balaban J connectivity index is 0.00000240. The Morgan fingerprint density at radius 2 is 1.31 bits per heavy atom. The van der Waals surface area contributed by atoms with E-state index in [4.69, 9.17) is 9.47 Å². The summed E-state index contributed by atoms with van der Waals surface area (Å²) in [5.41, 5.74) is 3.63. The van der Waals surface area contributed by atoms with Crippen LogP contribution in [0.2, 0.25) is 0 Å². The van der Waals surface area contributed by atoms with Gasteiger partial charge in [0.2, 0.25) is 0 Å². The SMILES string of the molecule is Cl.c1ccc(COc2ccc(C3CCNCC3)c(OCc3ccccc3)c2)cc1. The van der Waals surface area contributed by atoms with Gasteiger partial charge in [0.15, 0.2) is 0 Å². The Hall–Kier alpha value is -2.49. The van der Waals surface area contributed by atoms with E-state index >= 15 is 0 Å². The van der Waals surface area contributed by atoms with Crippen LogP contribution in [0.5, 0.6) is 11.5 Å². The molecule has 3 nitrogen and oxygen atoms in total. The molecule has 1 aliphatic heterocycles.